The molecule has 1 amide bonds. The predicted molar refractivity (Wildman–Crippen MR) is 152 cm³/mol. The van der Waals surface area contributed by atoms with E-state index in [0.29, 0.717) is 35.1 Å². The zero-order valence-corrected chi connectivity index (χ0v) is 24.3. The molecule has 1 aliphatic carbocycles. The molecule has 210 valence electrons. The van der Waals surface area contributed by atoms with E-state index in [0.717, 1.165) is 31.6 Å². The fraction of sp³-hybridized carbons (Fsp3) is 0.607. The van der Waals surface area contributed by atoms with Crippen LogP contribution in [0.25, 0.3) is 11.2 Å². The van der Waals surface area contributed by atoms with Gasteiger partial charge in [-0.1, -0.05) is 53.7 Å². The summed E-state index contributed by atoms with van der Waals surface area (Å²) in [6.45, 7) is 11.3. The summed E-state index contributed by atoms with van der Waals surface area (Å²) in [5.41, 5.74) is 3.87. The zero-order valence-electron chi connectivity index (χ0n) is 23.4. The molecule has 5 rings (SSSR count). The first-order valence-corrected chi connectivity index (χ1v) is 15.0. The second-order valence-corrected chi connectivity index (χ2v) is 11.9. The van der Waals surface area contributed by atoms with Crippen LogP contribution in [0.2, 0.25) is 0 Å². The van der Waals surface area contributed by atoms with Crippen LogP contribution in [-0.4, -0.2) is 67.7 Å². The Morgan fingerprint density at radius 1 is 1.15 bits per heavy atom. The van der Waals surface area contributed by atoms with Crippen LogP contribution in [0.3, 0.4) is 0 Å². The Kier molecular flexibility index (Phi) is 8.39. The van der Waals surface area contributed by atoms with Crippen LogP contribution in [0.15, 0.2) is 29.4 Å². The number of nitrogens with zero attached hydrogens (tertiary/aromatic N) is 5. The van der Waals surface area contributed by atoms with Gasteiger partial charge in [-0.25, -0.2) is 14.6 Å². The Labute approximate surface area is 234 Å². The summed E-state index contributed by atoms with van der Waals surface area (Å²) in [6, 6.07) is 8.43. The van der Waals surface area contributed by atoms with E-state index in [-0.39, 0.29) is 30.1 Å². The van der Waals surface area contributed by atoms with E-state index < -0.39 is 5.79 Å². The number of benzene rings is 1. The number of carbonyl (C=O) groups excluding carboxylic acids is 1. The largest absolute Gasteiger partial charge is 0.368 e. The summed E-state index contributed by atoms with van der Waals surface area (Å²) in [6.07, 6.45) is 2.81. The average Bonchev–Trinajstić information content (AvgIpc) is 3.57. The molecule has 4 atom stereocenters. The molecule has 39 heavy (non-hydrogen) atoms. The molecule has 1 aromatic carbocycles. The van der Waals surface area contributed by atoms with Gasteiger partial charge in [0, 0.05) is 18.8 Å². The molecule has 2 N–H and O–H groups in total. The fourth-order valence-corrected chi connectivity index (χ4v) is 6.12. The highest BCUT2D eigenvalue weighted by molar-refractivity contribution is 7.99. The van der Waals surface area contributed by atoms with Gasteiger partial charge in [0.1, 0.15) is 12.2 Å². The van der Waals surface area contributed by atoms with Crippen molar-refractivity contribution < 1.29 is 14.3 Å². The van der Waals surface area contributed by atoms with Crippen LogP contribution in [0.5, 0.6) is 0 Å². The molecule has 2 aliphatic rings. The first-order chi connectivity index (χ1) is 18.8. The lowest BCUT2D eigenvalue weighted by Gasteiger charge is -2.23. The van der Waals surface area contributed by atoms with Crippen molar-refractivity contribution in [3.8, 4) is 0 Å². The molecule has 1 saturated heterocycles. The number of thioether (sulfide) groups is 1. The highest BCUT2D eigenvalue weighted by Crippen LogP contribution is 2.47. The lowest BCUT2D eigenvalue weighted by molar-refractivity contribution is -0.163. The van der Waals surface area contributed by atoms with E-state index in [9.17, 15) is 4.79 Å². The van der Waals surface area contributed by atoms with Crippen molar-refractivity contribution in [3.05, 3.63) is 35.4 Å². The molecule has 2 aromatic heterocycles. The van der Waals surface area contributed by atoms with Gasteiger partial charge in [-0.05, 0) is 58.9 Å². The van der Waals surface area contributed by atoms with Gasteiger partial charge in [-0.2, -0.15) is 0 Å². The molecule has 0 radical (unpaired) electrons. The summed E-state index contributed by atoms with van der Waals surface area (Å²) < 4.78 is 14.3. The van der Waals surface area contributed by atoms with Gasteiger partial charge in [-0.3, -0.25) is 4.79 Å². The van der Waals surface area contributed by atoms with Crippen molar-refractivity contribution >= 4 is 34.7 Å². The average molecular weight is 554 g/mol. The summed E-state index contributed by atoms with van der Waals surface area (Å²) in [5.74, 6) is 0.462. The Balaban J connectivity index is 1.40. The van der Waals surface area contributed by atoms with Gasteiger partial charge in [0.25, 0.3) is 0 Å². The molecular weight excluding hydrogens is 514 g/mol. The second kappa shape index (κ2) is 11.8. The minimum absolute atomic E-state index is 0.0227. The minimum atomic E-state index is -0.781. The first-order valence-electron chi connectivity index (χ1n) is 14.0. The molecule has 10 nitrogen and oxygen atoms in total. The van der Waals surface area contributed by atoms with Crippen molar-refractivity contribution in [2.24, 2.45) is 5.92 Å². The normalized spacial score (nSPS) is 23.7. The van der Waals surface area contributed by atoms with E-state index in [1.165, 1.54) is 11.1 Å². The molecule has 0 spiro atoms. The van der Waals surface area contributed by atoms with Gasteiger partial charge in [0.05, 0.1) is 12.0 Å². The highest BCUT2D eigenvalue weighted by atomic mass is 32.2. The molecule has 2 fully saturated rings. The van der Waals surface area contributed by atoms with Crippen LogP contribution in [-0.2, 0) is 20.7 Å². The fourth-order valence-electron chi connectivity index (χ4n) is 5.42. The number of nitrogens with one attached hydrogen (secondary N) is 2. The number of ether oxygens (including phenoxy) is 2. The summed E-state index contributed by atoms with van der Waals surface area (Å²) >= 11 is 1.62. The van der Waals surface area contributed by atoms with Gasteiger partial charge < -0.3 is 20.1 Å². The molecule has 0 bridgehead atoms. The van der Waals surface area contributed by atoms with E-state index in [4.69, 9.17) is 19.4 Å². The monoisotopic (exact) mass is 553 g/mol. The van der Waals surface area contributed by atoms with E-state index >= 15 is 0 Å². The SMILES string of the molecule is CCCSc1nc(NCCCc2ccc(C)cc2)c2nnn(C3CC(C(=O)NCC)C4OC(C)(C)OC43)c2n1. The lowest BCUT2D eigenvalue weighted by Crippen LogP contribution is -2.37. The van der Waals surface area contributed by atoms with E-state index in [1.54, 1.807) is 11.8 Å². The maximum atomic E-state index is 12.9. The molecule has 1 saturated carbocycles. The molecule has 3 aromatic rings. The number of fused-ring (bicyclic) bond motifs is 2. The predicted octanol–water partition coefficient (Wildman–Crippen LogP) is 4.29. The van der Waals surface area contributed by atoms with Crippen LogP contribution in [0, 0.1) is 12.8 Å². The van der Waals surface area contributed by atoms with Crippen molar-refractivity contribution in [2.75, 3.05) is 24.2 Å². The third-order valence-electron chi connectivity index (χ3n) is 7.23. The third kappa shape index (κ3) is 6.05. The Hall–Kier alpha value is -2.76. The number of rotatable bonds is 11. The standard InChI is InChI=1S/C28H39N7O3S/c1-6-15-39-27-31-24(30-14-8-9-18-12-10-17(3)11-13-18)21-25(32-27)35(34-33-21)20-16-19(26(36)29-7-2)22-23(20)38-28(4,5)37-22/h10-13,19-20,22-23H,6-9,14-16H2,1-5H3,(H,29,36)(H,30,31,32). The number of hydrogen-bond acceptors (Lipinski definition) is 9. The lowest BCUT2D eigenvalue weighted by atomic mass is 10.0. The van der Waals surface area contributed by atoms with E-state index in [2.05, 4.69) is 59.1 Å². The molecule has 11 heteroatoms. The zero-order chi connectivity index (χ0) is 27.6. The quantitative estimate of drug-likeness (QED) is 0.204. The number of aryl methyl sites for hydroxylation is 2. The molecule has 1 aliphatic heterocycles. The van der Waals surface area contributed by atoms with Gasteiger partial charge in [0.2, 0.25) is 5.91 Å². The number of hydrogen-bond donors (Lipinski definition) is 2. The Morgan fingerprint density at radius 2 is 1.92 bits per heavy atom. The number of anilines is 1. The maximum absolute atomic E-state index is 12.9. The van der Waals surface area contributed by atoms with Crippen LogP contribution < -0.4 is 10.6 Å². The Bertz CT molecular complexity index is 1300. The van der Waals surface area contributed by atoms with Crippen LogP contribution in [0.4, 0.5) is 5.82 Å². The van der Waals surface area contributed by atoms with Crippen LogP contribution in [0.1, 0.15) is 64.1 Å². The summed E-state index contributed by atoms with van der Waals surface area (Å²) in [5, 5.41) is 16.2. The van der Waals surface area contributed by atoms with Crippen LogP contribution >= 0.6 is 11.8 Å². The van der Waals surface area contributed by atoms with Gasteiger partial charge in [0.15, 0.2) is 27.9 Å². The van der Waals surface area contributed by atoms with Crippen molar-refractivity contribution in [2.45, 2.75) is 89.5 Å². The van der Waals surface area contributed by atoms with Crippen molar-refractivity contribution in [3.63, 3.8) is 0 Å². The third-order valence-corrected chi connectivity index (χ3v) is 8.28. The Morgan fingerprint density at radius 3 is 2.67 bits per heavy atom. The van der Waals surface area contributed by atoms with E-state index in [1.807, 2.05) is 25.5 Å². The molecule has 3 heterocycles. The summed E-state index contributed by atoms with van der Waals surface area (Å²) in [7, 11) is 0. The van der Waals surface area contributed by atoms with Gasteiger partial charge in [-0.15, -0.1) is 5.10 Å². The summed E-state index contributed by atoms with van der Waals surface area (Å²) in [4.78, 5) is 22.6. The highest BCUT2D eigenvalue weighted by Gasteiger charge is 2.57. The maximum Gasteiger partial charge on any atom is 0.225 e. The van der Waals surface area contributed by atoms with Crippen molar-refractivity contribution in [1.82, 2.24) is 30.3 Å². The topological polar surface area (TPSA) is 116 Å². The first kappa shape index (κ1) is 27.8. The molecular formula is C28H39N7O3S. The minimum Gasteiger partial charge on any atom is -0.368 e. The second-order valence-electron chi connectivity index (χ2n) is 10.8. The van der Waals surface area contributed by atoms with Gasteiger partial charge >= 0.3 is 0 Å². The number of amides is 1. The van der Waals surface area contributed by atoms with Crippen molar-refractivity contribution in [1.29, 1.82) is 0 Å². The molecule has 4 unspecified atom stereocenters. The smallest absolute Gasteiger partial charge is 0.225 e. The number of carbonyl (C=O) groups is 1. The number of aromatic nitrogens is 5.